The second-order valence-corrected chi connectivity index (χ2v) is 2.02. The molecule has 0 unspecified atom stereocenters. The van der Waals surface area contributed by atoms with Gasteiger partial charge in [-0.1, -0.05) is 6.92 Å². The second-order valence-electron chi connectivity index (χ2n) is 1.64. The Labute approximate surface area is 64.3 Å². The van der Waals surface area contributed by atoms with Crippen LogP contribution in [0, 0.1) is 0 Å². The van der Waals surface area contributed by atoms with Crippen LogP contribution in [-0.2, 0) is 14.3 Å². The first-order chi connectivity index (χ1) is 4.70. The molecule has 10 heavy (non-hydrogen) atoms. The van der Waals surface area contributed by atoms with Crippen molar-refractivity contribution in [2.45, 2.75) is 19.8 Å². The number of alkyl halides is 1. The highest BCUT2D eigenvalue weighted by atomic mass is 35.5. The summed E-state index contributed by atoms with van der Waals surface area (Å²) in [6.45, 7) is 1.62. The van der Waals surface area contributed by atoms with Crippen molar-refractivity contribution in [2.24, 2.45) is 0 Å². The van der Waals surface area contributed by atoms with Crippen LogP contribution in [0.1, 0.15) is 19.8 Å². The minimum absolute atomic E-state index is 0.0906. The molecule has 0 aliphatic carbocycles. The van der Waals surface area contributed by atoms with E-state index in [9.17, 15) is 9.59 Å². The minimum Gasteiger partial charge on any atom is -0.393 e. The lowest BCUT2D eigenvalue weighted by atomic mass is 10.5. The van der Waals surface area contributed by atoms with Crippen molar-refractivity contribution in [3.8, 4) is 0 Å². The van der Waals surface area contributed by atoms with Gasteiger partial charge in [0.1, 0.15) is 0 Å². The van der Waals surface area contributed by atoms with Gasteiger partial charge in [-0.3, -0.25) is 9.59 Å². The Bertz CT molecular complexity index is 133. The summed E-state index contributed by atoms with van der Waals surface area (Å²) in [4.78, 5) is 20.9. The second kappa shape index (κ2) is 5.23. The zero-order chi connectivity index (χ0) is 7.98. The maximum Gasteiger partial charge on any atom is 0.314 e. The Hall–Kier alpha value is -0.570. The monoisotopic (exact) mass is 164 g/mol. The molecule has 3 nitrogen and oxygen atoms in total. The van der Waals surface area contributed by atoms with Crippen LogP contribution < -0.4 is 0 Å². The molecule has 0 fully saturated rings. The lowest BCUT2D eigenvalue weighted by Crippen LogP contribution is -2.10. The predicted molar refractivity (Wildman–Crippen MR) is 36.7 cm³/mol. The zero-order valence-corrected chi connectivity index (χ0v) is 6.48. The van der Waals surface area contributed by atoms with Crippen molar-refractivity contribution in [3.63, 3.8) is 0 Å². The zero-order valence-electron chi connectivity index (χ0n) is 5.72. The average molecular weight is 165 g/mol. The summed E-state index contributed by atoms with van der Waals surface area (Å²) in [6.07, 6.45) is 0.307. The highest BCUT2D eigenvalue weighted by Crippen LogP contribution is 1.91. The summed E-state index contributed by atoms with van der Waals surface area (Å²) >= 11 is 5.21. The van der Waals surface area contributed by atoms with Crippen LogP contribution in [0.25, 0.3) is 0 Å². The third-order valence-corrected chi connectivity index (χ3v) is 1.00. The van der Waals surface area contributed by atoms with Crippen LogP contribution in [-0.4, -0.2) is 17.8 Å². The van der Waals surface area contributed by atoms with Gasteiger partial charge < -0.3 is 4.74 Å². The average Bonchev–Trinajstić information content (AvgIpc) is 1.88. The van der Waals surface area contributed by atoms with Gasteiger partial charge in [0.25, 0.3) is 0 Å². The molecule has 0 saturated heterocycles. The molecular formula is C6H9ClO3. The number of esters is 2. The van der Waals surface area contributed by atoms with Crippen LogP contribution in [0.3, 0.4) is 0 Å². The number of hydrogen-bond acceptors (Lipinski definition) is 3. The first-order valence-corrected chi connectivity index (χ1v) is 3.53. The Balaban J connectivity index is 3.47. The molecule has 0 heterocycles. The highest BCUT2D eigenvalue weighted by Gasteiger charge is 2.05. The summed E-state index contributed by atoms with van der Waals surface area (Å²) in [7, 11) is 0. The first kappa shape index (κ1) is 9.43. The quantitative estimate of drug-likeness (QED) is 0.356. The topological polar surface area (TPSA) is 43.4 Å². The van der Waals surface area contributed by atoms with Crippen molar-refractivity contribution in [1.82, 2.24) is 0 Å². The largest absolute Gasteiger partial charge is 0.393 e. The molecule has 0 aliphatic heterocycles. The molecule has 0 saturated carbocycles. The first-order valence-electron chi connectivity index (χ1n) is 3.00. The number of hydrogen-bond donors (Lipinski definition) is 0. The van der Waals surface area contributed by atoms with E-state index in [2.05, 4.69) is 4.74 Å². The molecule has 4 heteroatoms. The molecule has 0 bridgehead atoms. The summed E-state index contributed by atoms with van der Waals surface area (Å²) in [5.74, 6) is -0.868. The molecule has 58 valence electrons. The molecule has 0 rings (SSSR count). The fourth-order valence-electron chi connectivity index (χ4n) is 0.327. The predicted octanol–water partition coefficient (Wildman–Crippen LogP) is 1.10. The number of carbonyl (C=O) groups excluding carboxylic acids is 2. The lowest BCUT2D eigenvalue weighted by Gasteiger charge is -1.96. The molecule has 0 radical (unpaired) electrons. The fraction of sp³-hybridized carbons (Fsp3) is 0.667. The van der Waals surface area contributed by atoms with E-state index in [1.54, 1.807) is 6.92 Å². The molecule has 0 amide bonds. The van der Waals surface area contributed by atoms with Gasteiger partial charge in [-0.05, 0) is 0 Å². The maximum atomic E-state index is 10.5. The van der Waals surface area contributed by atoms with Gasteiger partial charge >= 0.3 is 11.9 Å². The minimum atomic E-state index is -0.554. The summed E-state index contributed by atoms with van der Waals surface area (Å²) in [5.41, 5.74) is 0. The van der Waals surface area contributed by atoms with E-state index in [0.29, 0.717) is 0 Å². The lowest BCUT2D eigenvalue weighted by molar-refractivity contribution is -0.159. The summed E-state index contributed by atoms with van der Waals surface area (Å²) < 4.78 is 4.28. The van der Waals surface area contributed by atoms with Gasteiger partial charge in [-0.25, -0.2) is 0 Å². The fourth-order valence-corrected chi connectivity index (χ4v) is 0.482. The van der Waals surface area contributed by atoms with Gasteiger partial charge in [-0.15, -0.1) is 11.6 Å². The van der Waals surface area contributed by atoms with Crippen molar-refractivity contribution >= 4 is 23.5 Å². The third kappa shape index (κ3) is 4.32. The molecule has 0 aromatic heterocycles. The Kier molecular flexibility index (Phi) is 4.94. The van der Waals surface area contributed by atoms with Gasteiger partial charge in [-0.2, -0.15) is 0 Å². The van der Waals surface area contributed by atoms with E-state index in [1.165, 1.54) is 0 Å². The van der Waals surface area contributed by atoms with Crippen LogP contribution >= 0.6 is 11.6 Å². The molecule has 0 N–H and O–H groups in total. The van der Waals surface area contributed by atoms with Crippen molar-refractivity contribution in [3.05, 3.63) is 0 Å². The normalized spacial score (nSPS) is 9.00. The Morgan fingerprint density at radius 3 is 2.40 bits per heavy atom. The van der Waals surface area contributed by atoms with Crippen LogP contribution in [0.2, 0.25) is 0 Å². The van der Waals surface area contributed by atoms with Crippen molar-refractivity contribution in [2.75, 3.05) is 5.88 Å². The van der Waals surface area contributed by atoms with Crippen molar-refractivity contribution < 1.29 is 14.3 Å². The van der Waals surface area contributed by atoms with Gasteiger partial charge in [0.05, 0.1) is 6.42 Å². The van der Waals surface area contributed by atoms with E-state index < -0.39 is 11.9 Å². The van der Waals surface area contributed by atoms with E-state index in [-0.39, 0.29) is 18.7 Å². The summed E-state index contributed by atoms with van der Waals surface area (Å²) in [6, 6.07) is 0. The van der Waals surface area contributed by atoms with E-state index >= 15 is 0 Å². The van der Waals surface area contributed by atoms with E-state index in [0.717, 1.165) is 0 Å². The Morgan fingerprint density at radius 2 is 2.00 bits per heavy atom. The maximum absolute atomic E-state index is 10.5. The molecule has 0 atom stereocenters. The standard InChI is InChI=1S/C6H9ClO3/c1-2-5(8)10-6(9)3-4-7/h2-4H2,1H3. The molecule has 0 aromatic rings. The Morgan fingerprint density at radius 1 is 1.40 bits per heavy atom. The van der Waals surface area contributed by atoms with Crippen LogP contribution in [0.4, 0.5) is 0 Å². The summed E-state index contributed by atoms with van der Waals surface area (Å²) in [5, 5.41) is 0. The molecular weight excluding hydrogens is 156 g/mol. The highest BCUT2D eigenvalue weighted by molar-refractivity contribution is 6.18. The number of ether oxygens (including phenoxy) is 1. The van der Waals surface area contributed by atoms with Gasteiger partial charge in [0, 0.05) is 12.3 Å². The van der Waals surface area contributed by atoms with Gasteiger partial charge in [0.15, 0.2) is 0 Å². The number of carbonyl (C=O) groups is 2. The van der Waals surface area contributed by atoms with E-state index in [4.69, 9.17) is 11.6 Å². The smallest absolute Gasteiger partial charge is 0.314 e. The molecule has 0 aromatic carbocycles. The number of rotatable bonds is 3. The molecule has 0 spiro atoms. The molecule has 0 aliphatic rings. The van der Waals surface area contributed by atoms with Crippen LogP contribution in [0.5, 0.6) is 0 Å². The van der Waals surface area contributed by atoms with E-state index in [1.807, 2.05) is 0 Å². The SMILES string of the molecule is CCC(=O)OC(=O)CCCl. The van der Waals surface area contributed by atoms with Crippen molar-refractivity contribution in [1.29, 1.82) is 0 Å². The third-order valence-electron chi connectivity index (χ3n) is 0.815. The number of halogens is 1. The van der Waals surface area contributed by atoms with Crippen LogP contribution in [0.15, 0.2) is 0 Å². The van der Waals surface area contributed by atoms with Gasteiger partial charge in [0.2, 0.25) is 0 Å².